The predicted octanol–water partition coefficient (Wildman–Crippen LogP) is 3.31. The van der Waals surface area contributed by atoms with Crippen LogP contribution >= 0.6 is 15.9 Å². The van der Waals surface area contributed by atoms with Crippen LogP contribution in [-0.2, 0) is 4.79 Å². The number of alkyl halides is 3. The van der Waals surface area contributed by atoms with E-state index >= 15 is 0 Å². The molecule has 0 fully saturated rings. The molecule has 0 aliphatic carbocycles. The van der Waals surface area contributed by atoms with Crippen LogP contribution in [0.3, 0.4) is 0 Å². The Morgan fingerprint density at radius 2 is 2.06 bits per heavy atom. The molecule has 94 valence electrons. The van der Waals surface area contributed by atoms with E-state index in [-0.39, 0.29) is 0 Å². The summed E-state index contributed by atoms with van der Waals surface area (Å²) in [5, 5.41) is 2.36. The molecule has 1 amide bonds. The van der Waals surface area contributed by atoms with Gasteiger partial charge >= 0.3 is 6.18 Å². The van der Waals surface area contributed by atoms with Gasteiger partial charge in [0.15, 0.2) is 0 Å². The average Bonchev–Trinajstić information content (AvgIpc) is 2.20. The van der Waals surface area contributed by atoms with Gasteiger partial charge < -0.3 is 11.1 Å². The van der Waals surface area contributed by atoms with E-state index in [4.69, 9.17) is 5.73 Å². The van der Waals surface area contributed by atoms with Crippen molar-refractivity contribution < 1.29 is 18.0 Å². The Morgan fingerprint density at radius 3 is 2.65 bits per heavy atom. The van der Waals surface area contributed by atoms with Gasteiger partial charge in [0, 0.05) is 16.6 Å². The van der Waals surface area contributed by atoms with Gasteiger partial charge in [-0.3, -0.25) is 4.79 Å². The molecule has 7 heteroatoms. The number of amides is 1. The highest BCUT2D eigenvalue weighted by Gasteiger charge is 2.27. The van der Waals surface area contributed by atoms with Crippen LogP contribution in [0.1, 0.15) is 12.8 Å². The highest BCUT2D eigenvalue weighted by Crippen LogP contribution is 2.26. The third kappa shape index (κ3) is 5.08. The van der Waals surface area contributed by atoms with Gasteiger partial charge in [0.1, 0.15) is 0 Å². The number of benzene rings is 1. The Balaban J connectivity index is 2.59. The predicted molar refractivity (Wildman–Crippen MR) is 62.5 cm³/mol. The Hall–Kier alpha value is -1.24. The summed E-state index contributed by atoms with van der Waals surface area (Å²) in [4.78, 5) is 11.2. The first-order chi connectivity index (χ1) is 7.78. The number of halogens is 4. The Morgan fingerprint density at radius 1 is 1.41 bits per heavy atom. The fraction of sp³-hybridized carbons (Fsp3) is 0.300. The molecule has 3 N–H and O–H groups in total. The average molecular weight is 311 g/mol. The minimum absolute atomic E-state index is 0.358. The molecule has 0 saturated heterocycles. The maximum atomic E-state index is 11.9. The maximum Gasteiger partial charge on any atom is 0.389 e. The standard InChI is InChI=1S/C10H10BrF3N2O/c11-7-2-1-6(15)5-8(7)16-9(17)3-4-10(12,13)14/h1-2,5H,3-4,15H2,(H,16,17). The van der Waals surface area contributed by atoms with Crippen molar-refractivity contribution in [1.29, 1.82) is 0 Å². The van der Waals surface area contributed by atoms with E-state index in [1.807, 2.05) is 0 Å². The zero-order chi connectivity index (χ0) is 13.1. The highest BCUT2D eigenvalue weighted by atomic mass is 79.9. The van der Waals surface area contributed by atoms with Crippen molar-refractivity contribution in [3.05, 3.63) is 22.7 Å². The monoisotopic (exact) mass is 310 g/mol. The zero-order valence-electron chi connectivity index (χ0n) is 8.64. The van der Waals surface area contributed by atoms with Gasteiger partial charge in [-0.15, -0.1) is 0 Å². The van der Waals surface area contributed by atoms with Gasteiger partial charge in [-0.05, 0) is 34.1 Å². The lowest BCUT2D eigenvalue weighted by Gasteiger charge is -2.09. The number of hydrogen-bond acceptors (Lipinski definition) is 2. The van der Waals surface area contributed by atoms with Crippen LogP contribution in [0, 0.1) is 0 Å². The molecule has 1 aromatic carbocycles. The molecule has 0 aliphatic heterocycles. The SMILES string of the molecule is Nc1ccc(Br)c(NC(=O)CCC(F)(F)F)c1. The number of hydrogen-bond donors (Lipinski definition) is 2. The Bertz CT molecular complexity index is 421. The number of nitrogens with two attached hydrogens (primary N) is 1. The smallest absolute Gasteiger partial charge is 0.389 e. The molecule has 0 aromatic heterocycles. The van der Waals surface area contributed by atoms with Gasteiger partial charge in [0.05, 0.1) is 12.1 Å². The summed E-state index contributed by atoms with van der Waals surface area (Å²) in [6.07, 6.45) is -6.08. The summed E-state index contributed by atoms with van der Waals surface area (Å²) >= 11 is 3.16. The van der Waals surface area contributed by atoms with Crippen LogP contribution in [0.4, 0.5) is 24.5 Å². The molecular weight excluding hydrogens is 301 g/mol. The van der Waals surface area contributed by atoms with Crippen molar-refractivity contribution in [2.75, 3.05) is 11.1 Å². The topological polar surface area (TPSA) is 55.1 Å². The number of nitrogen functional groups attached to an aromatic ring is 1. The van der Waals surface area contributed by atoms with Gasteiger partial charge in [0.2, 0.25) is 5.91 Å². The van der Waals surface area contributed by atoms with E-state index in [1.165, 1.54) is 6.07 Å². The van der Waals surface area contributed by atoms with E-state index in [0.29, 0.717) is 15.8 Å². The number of rotatable bonds is 3. The summed E-state index contributed by atoms with van der Waals surface area (Å²) in [6, 6.07) is 4.68. The summed E-state index contributed by atoms with van der Waals surface area (Å²) in [7, 11) is 0. The Kier molecular flexibility index (Phi) is 4.39. The fourth-order valence-electron chi connectivity index (χ4n) is 1.11. The van der Waals surface area contributed by atoms with Crippen molar-refractivity contribution in [3.63, 3.8) is 0 Å². The fourth-order valence-corrected chi connectivity index (χ4v) is 1.45. The number of anilines is 2. The molecule has 1 aromatic rings. The van der Waals surface area contributed by atoms with Crippen molar-refractivity contribution in [3.8, 4) is 0 Å². The van der Waals surface area contributed by atoms with E-state index in [9.17, 15) is 18.0 Å². The molecule has 1 rings (SSSR count). The first-order valence-electron chi connectivity index (χ1n) is 4.69. The first kappa shape index (κ1) is 13.8. The molecule has 3 nitrogen and oxygen atoms in total. The quantitative estimate of drug-likeness (QED) is 0.842. The second kappa shape index (κ2) is 5.39. The largest absolute Gasteiger partial charge is 0.399 e. The molecule has 17 heavy (non-hydrogen) atoms. The lowest BCUT2D eigenvalue weighted by atomic mass is 10.2. The van der Waals surface area contributed by atoms with Gasteiger partial charge in [-0.25, -0.2) is 0 Å². The number of carbonyl (C=O) groups excluding carboxylic acids is 1. The van der Waals surface area contributed by atoms with Gasteiger partial charge in [0.25, 0.3) is 0 Å². The van der Waals surface area contributed by atoms with E-state index in [0.717, 1.165) is 0 Å². The molecule has 0 saturated carbocycles. The lowest BCUT2D eigenvalue weighted by Crippen LogP contribution is -2.16. The Labute approximate surface area is 104 Å². The molecule has 0 radical (unpaired) electrons. The second-order valence-electron chi connectivity index (χ2n) is 3.40. The molecule has 0 spiro atoms. The van der Waals surface area contributed by atoms with Crippen LogP contribution in [0.15, 0.2) is 22.7 Å². The third-order valence-corrected chi connectivity index (χ3v) is 2.59. The van der Waals surface area contributed by atoms with Crippen molar-refractivity contribution >= 4 is 33.2 Å². The molecular formula is C10H10BrF3N2O. The second-order valence-corrected chi connectivity index (χ2v) is 4.26. The maximum absolute atomic E-state index is 11.9. The molecule has 0 unspecified atom stereocenters. The van der Waals surface area contributed by atoms with Crippen molar-refractivity contribution in [1.82, 2.24) is 0 Å². The van der Waals surface area contributed by atoms with Gasteiger partial charge in [-0.1, -0.05) is 0 Å². The molecule has 0 heterocycles. The van der Waals surface area contributed by atoms with Crippen LogP contribution in [0.2, 0.25) is 0 Å². The first-order valence-corrected chi connectivity index (χ1v) is 5.49. The molecule has 0 aliphatic rings. The third-order valence-electron chi connectivity index (χ3n) is 1.90. The number of carbonyl (C=O) groups is 1. The minimum atomic E-state index is -4.33. The summed E-state index contributed by atoms with van der Waals surface area (Å²) in [6.45, 7) is 0. The number of nitrogens with one attached hydrogen (secondary N) is 1. The van der Waals surface area contributed by atoms with E-state index in [2.05, 4.69) is 21.2 Å². The van der Waals surface area contributed by atoms with Crippen LogP contribution in [0.5, 0.6) is 0 Å². The summed E-state index contributed by atoms with van der Waals surface area (Å²) < 4.78 is 36.2. The highest BCUT2D eigenvalue weighted by molar-refractivity contribution is 9.10. The van der Waals surface area contributed by atoms with Crippen LogP contribution in [-0.4, -0.2) is 12.1 Å². The van der Waals surface area contributed by atoms with Gasteiger partial charge in [-0.2, -0.15) is 13.2 Å². The molecule has 0 atom stereocenters. The van der Waals surface area contributed by atoms with Crippen molar-refractivity contribution in [2.45, 2.75) is 19.0 Å². The lowest BCUT2D eigenvalue weighted by molar-refractivity contribution is -0.142. The molecule has 0 bridgehead atoms. The van der Waals surface area contributed by atoms with Crippen LogP contribution in [0.25, 0.3) is 0 Å². The summed E-state index contributed by atoms with van der Waals surface area (Å²) in [5.74, 6) is -0.700. The van der Waals surface area contributed by atoms with Crippen LogP contribution < -0.4 is 11.1 Å². The van der Waals surface area contributed by atoms with E-state index < -0.39 is 24.9 Å². The normalized spacial score (nSPS) is 11.3. The van der Waals surface area contributed by atoms with E-state index in [1.54, 1.807) is 12.1 Å². The zero-order valence-corrected chi connectivity index (χ0v) is 10.2. The van der Waals surface area contributed by atoms with Crippen molar-refractivity contribution in [2.24, 2.45) is 0 Å². The minimum Gasteiger partial charge on any atom is -0.399 e. The summed E-state index contributed by atoms with van der Waals surface area (Å²) in [5.41, 5.74) is 6.27.